The minimum atomic E-state index is -4.94. The lowest BCUT2D eigenvalue weighted by atomic mass is 9.98. The Bertz CT molecular complexity index is 1160. The number of rotatable bonds is 15. The Morgan fingerprint density at radius 1 is 1.05 bits per heavy atom. The molecule has 1 atom stereocenters. The van der Waals surface area contributed by atoms with Crippen molar-refractivity contribution in [1.82, 2.24) is 15.5 Å². The van der Waals surface area contributed by atoms with Crippen LogP contribution >= 0.6 is 0 Å². The molecule has 4 N–H and O–H groups in total. The lowest BCUT2D eigenvalue weighted by molar-refractivity contribution is -0.138. The lowest BCUT2D eigenvalue weighted by Gasteiger charge is -2.31. The normalized spacial score (nSPS) is 14.3. The second kappa shape index (κ2) is 15.9. The number of hydrogen-bond acceptors (Lipinski definition) is 5. The molecular formula is C28H36F6N5O3-. The predicted molar refractivity (Wildman–Crippen MR) is 148 cm³/mol. The van der Waals surface area contributed by atoms with Crippen molar-refractivity contribution in [3.8, 4) is 5.75 Å². The van der Waals surface area contributed by atoms with Crippen molar-refractivity contribution in [3.63, 3.8) is 0 Å². The van der Waals surface area contributed by atoms with Gasteiger partial charge in [0.1, 0.15) is 5.75 Å². The molecule has 0 aliphatic heterocycles. The van der Waals surface area contributed by atoms with E-state index in [-0.39, 0.29) is 31.7 Å². The molecule has 0 radical (unpaired) electrons. The maximum atomic E-state index is 13.2. The topological polar surface area (TPSA) is 119 Å². The van der Waals surface area contributed by atoms with E-state index < -0.39 is 46.6 Å². The van der Waals surface area contributed by atoms with Gasteiger partial charge in [-0.3, -0.25) is 9.59 Å². The van der Waals surface area contributed by atoms with E-state index in [1.165, 1.54) is 6.92 Å². The van der Waals surface area contributed by atoms with Crippen LogP contribution < -0.4 is 21.1 Å². The Morgan fingerprint density at radius 2 is 1.67 bits per heavy atom. The van der Waals surface area contributed by atoms with Gasteiger partial charge in [-0.2, -0.15) is 26.3 Å². The van der Waals surface area contributed by atoms with Crippen LogP contribution in [0.1, 0.15) is 46.1 Å². The first kappa shape index (κ1) is 36.1. The standard InChI is InChI=1S/C28H36F6N5O3/c1-5-8-10-22(35)39(7-3)18-17-38-25(41)26(4,42-20-13-11-19(12-14-20)27(29,30)31)15-9-16-37-24(40)23(36)21(6-2)28(32,33)34/h5-6,8,10-14H,7,9,15-18,35H2,1-4H3,(H,37,40)(H,38,41)/q-1/b8-5-,21-6+,22-10+. The van der Waals surface area contributed by atoms with Crippen molar-refractivity contribution in [2.75, 3.05) is 26.2 Å². The number of hydrogen-bond donors (Lipinski definition) is 3. The van der Waals surface area contributed by atoms with Crippen LogP contribution in [0.3, 0.4) is 0 Å². The van der Waals surface area contributed by atoms with E-state index in [1.807, 2.05) is 13.8 Å². The number of benzene rings is 1. The quantitative estimate of drug-likeness (QED) is 0.112. The maximum absolute atomic E-state index is 13.2. The summed E-state index contributed by atoms with van der Waals surface area (Å²) in [6.07, 6.45) is -3.82. The van der Waals surface area contributed by atoms with Crippen LogP contribution in [0.25, 0.3) is 5.41 Å². The maximum Gasteiger partial charge on any atom is 0.416 e. The number of amides is 2. The fourth-order valence-electron chi connectivity index (χ4n) is 3.71. The Kier molecular flexibility index (Phi) is 13.6. The van der Waals surface area contributed by atoms with E-state index in [0.29, 0.717) is 25.0 Å². The number of ether oxygens (including phenoxy) is 1. The molecule has 0 aliphatic carbocycles. The third-order valence-corrected chi connectivity index (χ3v) is 6.06. The van der Waals surface area contributed by atoms with Crippen molar-refractivity contribution >= 4 is 17.5 Å². The van der Waals surface area contributed by atoms with Gasteiger partial charge >= 0.3 is 12.4 Å². The van der Waals surface area contributed by atoms with E-state index in [0.717, 1.165) is 31.2 Å². The number of halogens is 6. The second-order valence-corrected chi connectivity index (χ2v) is 9.22. The number of carbonyl (C=O) groups excluding carboxylic acids is 2. The Labute approximate surface area is 241 Å². The molecule has 234 valence electrons. The first-order chi connectivity index (χ1) is 19.5. The van der Waals surface area contributed by atoms with Gasteiger partial charge in [-0.1, -0.05) is 23.9 Å². The molecule has 0 fully saturated rings. The van der Waals surface area contributed by atoms with Gasteiger partial charge in [0.05, 0.1) is 11.4 Å². The molecule has 0 heterocycles. The van der Waals surface area contributed by atoms with E-state index in [9.17, 15) is 41.3 Å². The van der Waals surface area contributed by atoms with E-state index in [2.05, 4.69) is 10.6 Å². The van der Waals surface area contributed by atoms with E-state index in [4.69, 9.17) is 10.5 Å². The van der Waals surface area contributed by atoms with Crippen molar-refractivity contribution in [2.45, 2.75) is 58.5 Å². The molecule has 42 heavy (non-hydrogen) atoms. The monoisotopic (exact) mass is 604 g/mol. The summed E-state index contributed by atoms with van der Waals surface area (Å²) in [6, 6.07) is 3.71. The summed E-state index contributed by atoms with van der Waals surface area (Å²) in [7, 11) is 0. The van der Waals surface area contributed by atoms with Crippen molar-refractivity contribution in [3.05, 3.63) is 70.9 Å². The zero-order chi connectivity index (χ0) is 32.1. The van der Waals surface area contributed by atoms with Gasteiger partial charge in [-0.05, 0) is 70.9 Å². The average molecular weight is 605 g/mol. The molecule has 8 nitrogen and oxygen atoms in total. The number of likely N-dealkylation sites (N-methyl/N-ethyl adjacent to an activating group) is 1. The van der Waals surface area contributed by atoms with Gasteiger partial charge in [-0.25, -0.2) is 0 Å². The predicted octanol–water partition coefficient (Wildman–Crippen LogP) is 5.07. The van der Waals surface area contributed by atoms with Crippen LogP contribution in [0.5, 0.6) is 5.75 Å². The largest absolute Gasteiger partial charge is 0.799 e. The van der Waals surface area contributed by atoms with Gasteiger partial charge in [0.15, 0.2) is 5.60 Å². The van der Waals surface area contributed by atoms with Crippen LogP contribution in [-0.4, -0.2) is 60.4 Å². The molecule has 1 aromatic carbocycles. The molecule has 0 spiro atoms. The third kappa shape index (κ3) is 11.1. The smallest absolute Gasteiger partial charge is 0.416 e. The molecule has 1 rings (SSSR count). The van der Waals surface area contributed by atoms with Gasteiger partial charge < -0.3 is 31.4 Å². The molecule has 1 unspecified atom stereocenters. The number of carbonyl (C=O) groups is 2. The lowest BCUT2D eigenvalue weighted by Crippen LogP contribution is -2.51. The summed E-state index contributed by atoms with van der Waals surface area (Å²) in [6.45, 7) is 6.86. The molecule has 14 heteroatoms. The third-order valence-electron chi connectivity index (χ3n) is 6.06. The van der Waals surface area contributed by atoms with Crippen LogP contribution in [0, 0.1) is 0 Å². The Hall–Kier alpha value is -3.97. The summed E-state index contributed by atoms with van der Waals surface area (Å²) in [5.74, 6) is -1.55. The Balaban J connectivity index is 3.00. The first-order valence-electron chi connectivity index (χ1n) is 13.1. The highest BCUT2D eigenvalue weighted by Gasteiger charge is 2.37. The summed E-state index contributed by atoms with van der Waals surface area (Å²) in [5.41, 5.74) is 0.464. The summed E-state index contributed by atoms with van der Waals surface area (Å²) >= 11 is 0. The summed E-state index contributed by atoms with van der Waals surface area (Å²) in [4.78, 5) is 27.1. The van der Waals surface area contributed by atoms with Crippen LogP contribution in [0.15, 0.2) is 60.0 Å². The highest BCUT2D eigenvalue weighted by atomic mass is 19.4. The summed E-state index contributed by atoms with van der Waals surface area (Å²) < 4.78 is 83.6. The highest BCUT2D eigenvalue weighted by molar-refractivity contribution is 6.47. The molecule has 0 saturated heterocycles. The van der Waals surface area contributed by atoms with E-state index >= 15 is 0 Å². The molecule has 2 amide bonds. The molecular weight excluding hydrogens is 568 g/mol. The van der Waals surface area contributed by atoms with Gasteiger partial charge in [0.25, 0.3) is 5.91 Å². The fraction of sp³-hybridized carbons (Fsp3) is 0.464. The van der Waals surface area contributed by atoms with Crippen LogP contribution in [0.2, 0.25) is 0 Å². The molecule has 0 aliphatic rings. The second-order valence-electron chi connectivity index (χ2n) is 9.22. The number of nitrogens with zero attached hydrogens (tertiary/aromatic N) is 2. The zero-order valence-electron chi connectivity index (χ0n) is 23.8. The van der Waals surface area contributed by atoms with Crippen molar-refractivity contribution in [1.29, 1.82) is 0 Å². The number of nitrogens with two attached hydrogens (primary N) is 1. The number of nitrogens with one attached hydrogen (secondary N) is 2. The van der Waals surface area contributed by atoms with Crippen molar-refractivity contribution in [2.24, 2.45) is 5.73 Å². The minimum Gasteiger partial charge on any atom is -0.799 e. The molecule has 0 saturated carbocycles. The van der Waals surface area contributed by atoms with E-state index in [1.54, 1.807) is 23.1 Å². The molecule has 0 bridgehead atoms. The van der Waals surface area contributed by atoms with Gasteiger partial charge in [0.2, 0.25) is 5.91 Å². The Morgan fingerprint density at radius 3 is 2.17 bits per heavy atom. The number of alkyl halides is 6. The molecule has 0 aromatic heterocycles. The molecule has 1 aromatic rings. The van der Waals surface area contributed by atoms with Crippen LogP contribution in [0.4, 0.5) is 26.3 Å². The summed E-state index contributed by atoms with van der Waals surface area (Å²) in [5, 5.41) is 14.6. The van der Waals surface area contributed by atoms with Gasteiger partial charge in [0, 0.05) is 31.8 Å². The highest BCUT2D eigenvalue weighted by Crippen LogP contribution is 2.32. The first-order valence-corrected chi connectivity index (χ1v) is 13.1. The zero-order valence-corrected chi connectivity index (χ0v) is 23.8. The SMILES string of the molecule is C/C=C\C=C(/N)N(CC)CCNC(=O)C(C)(CCCNC(=O)C(=[N-])/C(=C\C)C(F)(F)F)Oc1ccc(C(F)(F)F)cc1. The minimum absolute atomic E-state index is 0.000881. The van der Waals surface area contributed by atoms with Gasteiger partial charge in [-0.15, -0.1) is 0 Å². The van der Waals surface area contributed by atoms with Crippen molar-refractivity contribution < 1.29 is 40.7 Å². The van der Waals surface area contributed by atoms with Crippen LogP contribution in [-0.2, 0) is 15.8 Å². The average Bonchev–Trinajstić information content (AvgIpc) is 2.91. The fourth-order valence-corrected chi connectivity index (χ4v) is 3.71. The number of allylic oxidation sites excluding steroid dienone is 4.